The van der Waals surface area contributed by atoms with Crippen LogP contribution in [-0.4, -0.2) is 16.0 Å². The van der Waals surface area contributed by atoms with Crippen molar-refractivity contribution in [3.63, 3.8) is 0 Å². The number of benzene rings is 2. The van der Waals surface area contributed by atoms with Gasteiger partial charge in [0.25, 0.3) is 0 Å². The molecule has 2 aromatic carbocycles. The molecule has 0 spiro atoms. The maximum absolute atomic E-state index is 13.3. The summed E-state index contributed by atoms with van der Waals surface area (Å²) in [6.45, 7) is 1.96. The van der Waals surface area contributed by atoms with E-state index in [1.807, 2.05) is 25.3 Å². The normalized spacial score (nSPS) is 22.0. The lowest BCUT2D eigenvalue weighted by Gasteiger charge is -2.36. The molecule has 1 aromatic heterocycles. The quantitative estimate of drug-likeness (QED) is 0.736. The van der Waals surface area contributed by atoms with Crippen molar-refractivity contribution in [1.82, 2.24) is 10.2 Å². The number of Topliss-reactive ketones (excluding diaryl/α,β-unsaturated/α-hetero) is 1. The lowest BCUT2D eigenvalue weighted by molar-refractivity contribution is -0.116. The molecule has 2 aliphatic rings. The smallest absolute Gasteiger partial charge is 0.158 e. The summed E-state index contributed by atoms with van der Waals surface area (Å²) in [4.78, 5) is 12.5. The van der Waals surface area contributed by atoms with Crippen molar-refractivity contribution in [3.8, 4) is 0 Å². The molecule has 0 saturated heterocycles. The summed E-state index contributed by atoms with van der Waals surface area (Å²) in [5.41, 5.74) is 6.60. The van der Waals surface area contributed by atoms with Gasteiger partial charge in [-0.15, -0.1) is 0 Å². The number of ketones is 1. The van der Waals surface area contributed by atoms with E-state index in [1.54, 1.807) is 0 Å². The number of nitrogens with zero attached hydrogens (tertiary/aromatic N) is 1. The minimum Gasteiger partial charge on any atom is -0.295 e. The highest BCUT2D eigenvalue weighted by atomic mass is 19.1. The molecule has 0 bridgehead atoms. The third-order valence-corrected chi connectivity index (χ3v) is 6.13. The summed E-state index contributed by atoms with van der Waals surface area (Å²) in [5.74, 6) is 0.0294. The predicted molar refractivity (Wildman–Crippen MR) is 99.2 cm³/mol. The van der Waals surface area contributed by atoms with Crippen LogP contribution < -0.4 is 0 Å². The standard InChI is InChI=1S/C22H19FN2O/c1-13-20(26)8-9-22(10-14-2-4-15(23)5-3-14)11-17-16(21(13)22)6-7-19-18(17)12-24-25-19/h2-7,12H,8-11H2,1H3,(H,24,25). The molecule has 1 unspecified atom stereocenters. The Morgan fingerprint density at radius 2 is 2.00 bits per heavy atom. The fraction of sp³-hybridized carbons (Fsp3) is 0.273. The number of aromatic amines is 1. The average Bonchev–Trinajstić information content (AvgIpc) is 3.23. The monoisotopic (exact) mass is 346 g/mol. The number of H-pyrrole nitrogens is 1. The fourth-order valence-corrected chi connectivity index (χ4v) is 4.94. The predicted octanol–water partition coefficient (Wildman–Crippen LogP) is 4.62. The zero-order valence-corrected chi connectivity index (χ0v) is 14.6. The topological polar surface area (TPSA) is 45.8 Å². The van der Waals surface area contributed by atoms with Crippen LogP contribution in [0.5, 0.6) is 0 Å². The molecule has 3 aromatic rings. The second-order valence-electron chi connectivity index (χ2n) is 7.61. The summed E-state index contributed by atoms with van der Waals surface area (Å²) in [6, 6.07) is 10.9. The first-order valence-corrected chi connectivity index (χ1v) is 9.02. The van der Waals surface area contributed by atoms with Crippen molar-refractivity contribution in [2.24, 2.45) is 5.41 Å². The molecule has 2 aliphatic carbocycles. The van der Waals surface area contributed by atoms with E-state index in [2.05, 4.69) is 22.3 Å². The molecule has 3 nitrogen and oxygen atoms in total. The summed E-state index contributed by atoms with van der Waals surface area (Å²) < 4.78 is 13.3. The van der Waals surface area contributed by atoms with Gasteiger partial charge >= 0.3 is 0 Å². The van der Waals surface area contributed by atoms with E-state index in [1.165, 1.54) is 28.8 Å². The second-order valence-corrected chi connectivity index (χ2v) is 7.61. The molecule has 0 fully saturated rings. The number of aromatic nitrogens is 2. The molecule has 0 radical (unpaired) electrons. The van der Waals surface area contributed by atoms with Crippen LogP contribution in [0.15, 0.2) is 48.2 Å². The first-order chi connectivity index (χ1) is 12.6. The maximum atomic E-state index is 13.3. The average molecular weight is 346 g/mol. The van der Waals surface area contributed by atoms with Gasteiger partial charge in [0, 0.05) is 17.2 Å². The zero-order chi connectivity index (χ0) is 17.9. The third kappa shape index (κ3) is 2.11. The van der Waals surface area contributed by atoms with Gasteiger partial charge in [0.15, 0.2) is 5.78 Å². The first-order valence-electron chi connectivity index (χ1n) is 9.02. The highest BCUT2D eigenvalue weighted by molar-refractivity contribution is 6.07. The lowest BCUT2D eigenvalue weighted by Crippen LogP contribution is -2.30. The number of carbonyl (C=O) groups excluding carboxylic acids is 1. The number of allylic oxidation sites excluding steroid dienone is 2. The number of nitrogens with one attached hydrogen (secondary N) is 1. The Bertz CT molecular complexity index is 1080. The number of hydrogen-bond acceptors (Lipinski definition) is 2. The van der Waals surface area contributed by atoms with Crippen molar-refractivity contribution >= 4 is 22.3 Å². The van der Waals surface area contributed by atoms with Crippen molar-refractivity contribution in [3.05, 3.63) is 70.7 Å². The highest BCUT2D eigenvalue weighted by Crippen LogP contribution is 2.56. The first kappa shape index (κ1) is 15.5. The third-order valence-electron chi connectivity index (χ3n) is 6.13. The number of halogens is 1. The van der Waals surface area contributed by atoms with Gasteiger partial charge in [-0.1, -0.05) is 18.2 Å². The Balaban J connectivity index is 1.70. The van der Waals surface area contributed by atoms with Gasteiger partial charge in [-0.2, -0.15) is 5.10 Å². The van der Waals surface area contributed by atoms with Crippen LogP contribution in [0.1, 0.15) is 36.5 Å². The van der Waals surface area contributed by atoms with Crippen molar-refractivity contribution < 1.29 is 9.18 Å². The number of hydrogen-bond donors (Lipinski definition) is 1. The molecule has 5 rings (SSSR count). The van der Waals surface area contributed by atoms with Gasteiger partial charge in [-0.05, 0) is 72.2 Å². The van der Waals surface area contributed by atoms with E-state index in [0.717, 1.165) is 41.3 Å². The van der Waals surface area contributed by atoms with E-state index in [4.69, 9.17) is 0 Å². The van der Waals surface area contributed by atoms with Crippen LogP contribution in [-0.2, 0) is 17.6 Å². The molecule has 26 heavy (non-hydrogen) atoms. The van der Waals surface area contributed by atoms with Gasteiger partial charge < -0.3 is 0 Å². The van der Waals surface area contributed by atoms with E-state index >= 15 is 0 Å². The van der Waals surface area contributed by atoms with Crippen molar-refractivity contribution in [1.29, 1.82) is 0 Å². The second kappa shape index (κ2) is 5.37. The molecule has 0 aliphatic heterocycles. The maximum Gasteiger partial charge on any atom is 0.158 e. The summed E-state index contributed by atoms with van der Waals surface area (Å²) in [6.07, 6.45) is 5.02. The molecule has 130 valence electrons. The number of fused-ring (bicyclic) bond motifs is 5. The van der Waals surface area contributed by atoms with Crippen LogP contribution in [0.3, 0.4) is 0 Å². The minimum atomic E-state index is -0.216. The summed E-state index contributed by atoms with van der Waals surface area (Å²) in [5, 5.41) is 8.38. The Labute approximate surface area is 150 Å². The van der Waals surface area contributed by atoms with Gasteiger partial charge in [-0.25, -0.2) is 4.39 Å². The van der Waals surface area contributed by atoms with Crippen LogP contribution >= 0.6 is 0 Å². The number of carbonyl (C=O) groups is 1. The van der Waals surface area contributed by atoms with Crippen LogP contribution in [0.25, 0.3) is 16.5 Å². The van der Waals surface area contributed by atoms with Crippen molar-refractivity contribution in [2.75, 3.05) is 0 Å². The van der Waals surface area contributed by atoms with Gasteiger partial charge in [0.05, 0.1) is 11.7 Å². The molecule has 1 heterocycles. The van der Waals surface area contributed by atoms with E-state index < -0.39 is 0 Å². The van der Waals surface area contributed by atoms with E-state index in [0.29, 0.717) is 6.42 Å². The molecule has 0 saturated carbocycles. The molecule has 1 N–H and O–H groups in total. The Morgan fingerprint density at radius 3 is 2.81 bits per heavy atom. The Morgan fingerprint density at radius 1 is 1.19 bits per heavy atom. The summed E-state index contributed by atoms with van der Waals surface area (Å²) in [7, 11) is 0. The van der Waals surface area contributed by atoms with Gasteiger partial charge in [0.1, 0.15) is 5.82 Å². The lowest BCUT2D eigenvalue weighted by atomic mass is 9.67. The van der Waals surface area contributed by atoms with Crippen LogP contribution in [0.4, 0.5) is 4.39 Å². The SMILES string of the molecule is CC1=C2c3ccc4[nH]ncc4c3CC2(Cc2ccc(F)cc2)CCC1=O. The van der Waals surface area contributed by atoms with E-state index in [9.17, 15) is 9.18 Å². The fourth-order valence-electron chi connectivity index (χ4n) is 4.94. The molecule has 0 amide bonds. The van der Waals surface area contributed by atoms with Gasteiger partial charge in [-0.3, -0.25) is 9.89 Å². The molecule has 1 atom stereocenters. The largest absolute Gasteiger partial charge is 0.295 e. The van der Waals surface area contributed by atoms with Crippen molar-refractivity contribution in [2.45, 2.75) is 32.6 Å². The number of rotatable bonds is 2. The summed E-state index contributed by atoms with van der Waals surface area (Å²) >= 11 is 0. The van der Waals surface area contributed by atoms with E-state index in [-0.39, 0.29) is 17.0 Å². The Kier molecular flexibility index (Phi) is 3.20. The van der Waals surface area contributed by atoms with Crippen LogP contribution in [0, 0.1) is 11.2 Å². The minimum absolute atomic E-state index is 0.0935. The molecule has 4 heteroatoms. The molecular formula is C22H19FN2O. The Hall–Kier alpha value is -2.75. The zero-order valence-electron chi connectivity index (χ0n) is 14.6. The van der Waals surface area contributed by atoms with Gasteiger partial charge in [0.2, 0.25) is 0 Å². The van der Waals surface area contributed by atoms with Crippen LogP contribution in [0.2, 0.25) is 0 Å². The molecular weight excluding hydrogens is 327 g/mol. The highest BCUT2D eigenvalue weighted by Gasteiger charge is 2.46.